The molecule has 0 aliphatic carbocycles. The van der Waals surface area contributed by atoms with E-state index in [4.69, 9.17) is 44.3 Å². The molecule has 18 heavy (non-hydrogen) atoms. The van der Waals surface area contributed by atoms with Gasteiger partial charge in [-0.05, 0) is 5.56 Å². The Morgan fingerprint density at radius 1 is 1.33 bits per heavy atom. The van der Waals surface area contributed by atoms with Crippen LogP contribution in [0.2, 0.25) is 0 Å². The van der Waals surface area contributed by atoms with Gasteiger partial charge in [-0.25, -0.2) is 0 Å². The summed E-state index contributed by atoms with van der Waals surface area (Å²) in [6.45, 7) is 1.27. The van der Waals surface area contributed by atoms with E-state index in [1.165, 1.54) is 6.92 Å². The molecule has 0 unspecified atom stereocenters. The molecule has 1 fully saturated rings. The lowest BCUT2D eigenvalue weighted by Crippen LogP contribution is -2.35. The van der Waals surface area contributed by atoms with E-state index in [0.717, 1.165) is 5.56 Å². The van der Waals surface area contributed by atoms with E-state index in [-0.39, 0.29) is 6.10 Å². The van der Waals surface area contributed by atoms with Gasteiger partial charge in [0.1, 0.15) is 12.2 Å². The summed E-state index contributed by atoms with van der Waals surface area (Å²) < 4.78 is 8.78. The predicted molar refractivity (Wildman–Crippen MR) is 69.9 cm³/mol. The van der Waals surface area contributed by atoms with E-state index in [1.807, 2.05) is 30.3 Å². The molecule has 6 heteroatoms. The normalized spacial score (nSPS) is 24.4. The van der Waals surface area contributed by atoms with Crippen LogP contribution in [0.5, 0.6) is 0 Å². The highest BCUT2D eigenvalue weighted by Crippen LogP contribution is 2.48. The monoisotopic (exact) mass is 308 g/mol. The molecule has 98 valence electrons. The van der Waals surface area contributed by atoms with Crippen LogP contribution in [-0.4, -0.2) is 22.0 Å². The Morgan fingerprint density at radius 2 is 1.94 bits per heavy atom. The number of carbonyl (C=O) groups excluding carboxylic acids is 1. The lowest BCUT2D eigenvalue weighted by Gasteiger charge is -2.22. The summed E-state index contributed by atoms with van der Waals surface area (Å²) in [5.74, 6) is -0.506. The number of alkyl halides is 3. The topological polar surface area (TPSA) is 38.8 Å². The van der Waals surface area contributed by atoms with Crippen LogP contribution >= 0.6 is 34.8 Å². The van der Waals surface area contributed by atoms with Crippen LogP contribution in [0.25, 0.3) is 0 Å². The number of hydrogen-bond acceptors (Lipinski definition) is 3. The van der Waals surface area contributed by atoms with E-state index in [1.54, 1.807) is 0 Å². The second-order valence-electron chi connectivity index (χ2n) is 4.00. The van der Waals surface area contributed by atoms with Gasteiger partial charge in [-0.15, -0.1) is 0 Å². The van der Waals surface area contributed by atoms with Gasteiger partial charge < -0.3 is 9.47 Å². The summed E-state index contributed by atoms with van der Waals surface area (Å²) in [4.78, 5) is 11.0. The highest BCUT2D eigenvalue weighted by molar-refractivity contribution is 6.68. The lowest BCUT2D eigenvalue weighted by atomic mass is 10.1. The second kappa shape index (κ2) is 5.25. The van der Waals surface area contributed by atoms with Crippen molar-refractivity contribution in [1.82, 2.24) is 0 Å². The maximum Gasteiger partial charge on any atom is 0.303 e. The first-order chi connectivity index (χ1) is 8.39. The molecular weight excluding hydrogens is 298 g/mol. The van der Waals surface area contributed by atoms with Gasteiger partial charge in [0, 0.05) is 6.92 Å². The minimum atomic E-state index is -1.71. The van der Waals surface area contributed by atoms with E-state index in [2.05, 4.69) is 0 Å². The molecule has 0 amide bonds. The molecule has 1 aromatic rings. The van der Waals surface area contributed by atoms with Crippen LogP contribution in [0.15, 0.2) is 30.3 Å². The first-order valence-electron chi connectivity index (χ1n) is 5.34. The molecule has 1 aromatic carbocycles. The number of benzene rings is 1. The Kier molecular flexibility index (Phi) is 4.07. The van der Waals surface area contributed by atoms with Crippen LogP contribution in [-0.2, 0) is 14.3 Å². The number of carbonyl (C=O) groups is 1. The third-order valence-electron chi connectivity index (χ3n) is 2.57. The fourth-order valence-corrected chi connectivity index (χ4v) is 2.27. The number of ether oxygens (including phenoxy) is 2. The third kappa shape index (κ3) is 3.29. The zero-order valence-electron chi connectivity index (χ0n) is 9.48. The number of epoxide rings is 1. The minimum absolute atomic E-state index is 0.203. The molecule has 0 spiro atoms. The van der Waals surface area contributed by atoms with Gasteiger partial charge in [0.05, 0.1) is 0 Å². The molecule has 0 aromatic heterocycles. The van der Waals surface area contributed by atoms with Gasteiger partial charge in [0.2, 0.25) is 3.79 Å². The first kappa shape index (κ1) is 13.9. The number of halogens is 3. The van der Waals surface area contributed by atoms with Crippen molar-refractivity contribution in [3.8, 4) is 0 Å². The summed E-state index contributed by atoms with van der Waals surface area (Å²) in [6.07, 6.45) is -1.54. The van der Waals surface area contributed by atoms with Gasteiger partial charge in [0.15, 0.2) is 6.10 Å². The molecule has 2 rings (SSSR count). The van der Waals surface area contributed by atoms with Crippen molar-refractivity contribution < 1.29 is 14.3 Å². The van der Waals surface area contributed by atoms with Crippen LogP contribution in [0.3, 0.4) is 0 Å². The van der Waals surface area contributed by atoms with E-state index < -0.39 is 22.0 Å². The molecule has 1 heterocycles. The molecule has 0 bridgehead atoms. The van der Waals surface area contributed by atoms with Gasteiger partial charge in [-0.3, -0.25) is 4.79 Å². The zero-order valence-corrected chi connectivity index (χ0v) is 11.7. The average molecular weight is 310 g/mol. The fourth-order valence-electron chi connectivity index (χ4n) is 1.76. The van der Waals surface area contributed by atoms with Gasteiger partial charge in [-0.1, -0.05) is 65.1 Å². The van der Waals surface area contributed by atoms with Crippen molar-refractivity contribution in [2.24, 2.45) is 0 Å². The maximum atomic E-state index is 11.0. The van der Waals surface area contributed by atoms with E-state index in [9.17, 15) is 4.79 Å². The average Bonchev–Trinajstić information content (AvgIpc) is 3.05. The van der Waals surface area contributed by atoms with Crippen LogP contribution < -0.4 is 0 Å². The van der Waals surface area contributed by atoms with Crippen LogP contribution in [0.4, 0.5) is 0 Å². The molecule has 1 aliphatic heterocycles. The molecule has 0 N–H and O–H groups in total. The number of esters is 1. The Balaban J connectivity index is 2.09. The van der Waals surface area contributed by atoms with Crippen molar-refractivity contribution in [1.29, 1.82) is 0 Å². The summed E-state index contributed by atoms with van der Waals surface area (Å²) in [7, 11) is 0. The number of rotatable bonds is 3. The first-order valence-corrected chi connectivity index (χ1v) is 6.47. The molecule has 1 saturated heterocycles. The second-order valence-corrected chi connectivity index (χ2v) is 6.37. The van der Waals surface area contributed by atoms with Gasteiger partial charge in [0.25, 0.3) is 0 Å². The number of hydrogen-bond donors (Lipinski definition) is 0. The van der Waals surface area contributed by atoms with E-state index in [0.29, 0.717) is 0 Å². The summed E-state index contributed by atoms with van der Waals surface area (Å²) >= 11 is 17.4. The molecule has 0 radical (unpaired) electrons. The fraction of sp³-hybridized carbons (Fsp3) is 0.417. The Hall–Kier alpha value is -0.480. The Morgan fingerprint density at radius 3 is 2.44 bits per heavy atom. The largest absolute Gasteiger partial charge is 0.455 e. The maximum absolute atomic E-state index is 11.0. The van der Waals surface area contributed by atoms with Crippen LogP contribution in [0, 0.1) is 0 Å². The van der Waals surface area contributed by atoms with Crippen LogP contribution in [0.1, 0.15) is 18.6 Å². The quantitative estimate of drug-likeness (QED) is 0.488. The molecule has 0 saturated carbocycles. The van der Waals surface area contributed by atoms with Crippen molar-refractivity contribution in [3.63, 3.8) is 0 Å². The summed E-state index contributed by atoms with van der Waals surface area (Å²) in [5, 5.41) is 0. The Labute approximate surface area is 120 Å². The van der Waals surface area contributed by atoms with E-state index >= 15 is 0 Å². The smallest absolute Gasteiger partial charge is 0.303 e. The lowest BCUT2D eigenvalue weighted by molar-refractivity contribution is -0.147. The predicted octanol–water partition coefficient (Wildman–Crippen LogP) is 3.43. The standard InChI is InChI=1S/C12H11Cl3O3/c1-7(16)17-11(12(13,14)15)10-9(18-10)8-5-3-2-4-6-8/h2-6,9-11H,1H3/t9-,10-,11+/m0/s1. The van der Waals surface area contributed by atoms with Crippen molar-refractivity contribution in [3.05, 3.63) is 35.9 Å². The Bertz CT molecular complexity index is 430. The van der Waals surface area contributed by atoms with Gasteiger partial charge >= 0.3 is 5.97 Å². The molecule has 3 nitrogen and oxygen atoms in total. The SMILES string of the molecule is CC(=O)O[C@H]([C@H]1O[C@H]1c1ccccc1)C(Cl)(Cl)Cl. The molecule has 3 atom stereocenters. The van der Waals surface area contributed by atoms with Crippen molar-refractivity contribution >= 4 is 40.8 Å². The minimum Gasteiger partial charge on any atom is -0.455 e. The molecule has 1 aliphatic rings. The zero-order chi connectivity index (χ0) is 13.3. The molecular formula is C12H11Cl3O3. The summed E-state index contributed by atoms with van der Waals surface area (Å²) in [5.41, 5.74) is 0.967. The van der Waals surface area contributed by atoms with Gasteiger partial charge in [-0.2, -0.15) is 0 Å². The third-order valence-corrected chi connectivity index (χ3v) is 3.21. The highest BCUT2D eigenvalue weighted by atomic mass is 35.6. The summed E-state index contributed by atoms with van der Waals surface area (Å²) in [6, 6.07) is 9.51. The van der Waals surface area contributed by atoms with Crippen molar-refractivity contribution in [2.75, 3.05) is 0 Å². The highest BCUT2D eigenvalue weighted by Gasteiger charge is 2.55. The van der Waals surface area contributed by atoms with Crippen molar-refractivity contribution in [2.45, 2.75) is 29.0 Å².